The number of rotatable bonds is 12. The van der Waals surface area contributed by atoms with Crippen LogP contribution in [0.2, 0.25) is 0 Å². The molecule has 0 aromatic heterocycles. The molecule has 0 fully saturated rings. The summed E-state index contributed by atoms with van der Waals surface area (Å²) in [6.45, 7) is 2.09. The van der Waals surface area contributed by atoms with Gasteiger partial charge in [-0.1, -0.05) is 45.4 Å². The Morgan fingerprint density at radius 3 is 2.05 bits per heavy atom. The third kappa shape index (κ3) is 9.75. The van der Waals surface area contributed by atoms with Crippen LogP contribution in [0, 0.1) is 5.92 Å². The highest BCUT2D eigenvalue weighted by atomic mass is 17.1. The Balaban J connectivity index is 3.73. The van der Waals surface area contributed by atoms with Crippen molar-refractivity contribution in [1.29, 1.82) is 0 Å². The second kappa shape index (κ2) is 12.9. The van der Waals surface area contributed by atoms with Gasteiger partial charge in [0.25, 0.3) is 0 Å². The lowest BCUT2D eigenvalue weighted by atomic mass is 9.95. The van der Waals surface area contributed by atoms with Crippen LogP contribution in [0.1, 0.15) is 71.1 Å². The molecule has 6 nitrogen and oxygen atoms in total. The van der Waals surface area contributed by atoms with Crippen LogP contribution in [0.25, 0.3) is 0 Å². The van der Waals surface area contributed by atoms with Gasteiger partial charge in [0.2, 0.25) is 0 Å². The standard InChI is InChI=1S/C14H26O6/c1-2-3-6-9-12(14(16)20-18)10-7-4-5-8-11-13(15)19-17/h12,17-18H,2-11H2,1H3. The number of unbranched alkanes of at least 4 members (excludes halogenated alkanes) is 5. The van der Waals surface area contributed by atoms with E-state index in [1.165, 1.54) is 0 Å². The van der Waals surface area contributed by atoms with Gasteiger partial charge in [-0.15, -0.1) is 0 Å². The van der Waals surface area contributed by atoms with Gasteiger partial charge in [-0.2, -0.15) is 10.5 Å². The molecule has 0 aliphatic heterocycles. The highest BCUT2D eigenvalue weighted by Gasteiger charge is 2.19. The van der Waals surface area contributed by atoms with Crippen LogP contribution in [0.15, 0.2) is 0 Å². The highest BCUT2D eigenvalue weighted by molar-refractivity contribution is 5.71. The minimum atomic E-state index is -0.619. The van der Waals surface area contributed by atoms with Crippen LogP contribution < -0.4 is 0 Å². The van der Waals surface area contributed by atoms with Crippen molar-refractivity contribution in [3.8, 4) is 0 Å². The minimum Gasteiger partial charge on any atom is -0.301 e. The first-order chi connectivity index (χ1) is 9.65. The summed E-state index contributed by atoms with van der Waals surface area (Å²) in [5.41, 5.74) is 0. The van der Waals surface area contributed by atoms with Gasteiger partial charge in [0.15, 0.2) is 0 Å². The highest BCUT2D eigenvalue weighted by Crippen LogP contribution is 2.19. The molecular formula is C14H26O6. The van der Waals surface area contributed by atoms with Crippen molar-refractivity contribution >= 4 is 11.9 Å². The molecule has 1 unspecified atom stereocenters. The molecule has 0 saturated carbocycles. The fourth-order valence-corrected chi connectivity index (χ4v) is 2.15. The van der Waals surface area contributed by atoms with E-state index >= 15 is 0 Å². The van der Waals surface area contributed by atoms with Gasteiger partial charge in [0.05, 0.1) is 5.92 Å². The zero-order chi connectivity index (χ0) is 15.2. The van der Waals surface area contributed by atoms with Gasteiger partial charge in [-0.05, 0) is 19.3 Å². The van der Waals surface area contributed by atoms with E-state index in [2.05, 4.69) is 16.7 Å². The van der Waals surface area contributed by atoms with Gasteiger partial charge < -0.3 is 9.78 Å². The number of carbonyl (C=O) groups is 2. The van der Waals surface area contributed by atoms with Gasteiger partial charge in [-0.3, -0.25) is 0 Å². The topological polar surface area (TPSA) is 93.1 Å². The summed E-state index contributed by atoms with van der Waals surface area (Å²) in [4.78, 5) is 29.5. The molecule has 0 bridgehead atoms. The summed E-state index contributed by atoms with van der Waals surface area (Å²) >= 11 is 0. The Labute approximate surface area is 119 Å². The molecule has 0 aromatic carbocycles. The van der Waals surface area contributed by atoms with Crippen LogP contribution >= 0.6 is 0 Å². The van der Waals surface area contributed by atoms with Gasteiger partial charge in [-0.25, -0.2) is 9.59 Å². The first kappa shape index (κ1) is 18.9. The summed E-state index contributed by atoms with van der Waals surface area (Å²) < 4.78 is 0. The number of carbonyl (C=O) groups excluding carboxylic acids is 2. The van der Waals surface area contributed by atoms with Crippen molar-refractivity contribution in [2.45, 2.75) is 71.1 Å². The summed E-state index contributed by atoms with van der Waals surface area (Å²) in [6.07, 6.45) is 7.97. The Kier molecular flexibility index (Phi) is 12.1. The predicted molar refractivity (Wildman–Crippen MR) is 72.8 cm³/mol. The van der Waals surface area contributed by atoms with Crippen LogP contribution in [0.5, 0.6) is 0 Å². The predicted octanol–water partition coefficient (Wildman–Crippen LogP) is 3.56. The average Bonchev–Trinajstić information content (AvgIpc) is 2.47. The maximum Gasteiger partial charge on any atom is 0.345 e. The van der Waals surface area contributed by atoms with Crippen molar-refractivity contribution in [3.05, 3.63) is 0 Å². The van der Waals surface area contributed by atoms with E-state index in [1.54, 1.807) is 0 Å². The Hall–Kier alpha value is -1.14. The first-order valence-corrected chi connectivity index (χ1v) is 7.35. The monoisotopic (exact) mass is 290 g/mol. The zero-order valence-electron chi connectivity index (χ0n) is 12.2. The lowest BCUT2D eigenvalue weighted by Crippen LogP contribution is -2.16. The van der Waals surface area contributed by atoms with Gasteiger partial charge in [0, 0.05) is 6.42 Å². The van der Waals surface area contributed by atoms with Gasteiger partial charge >= 0.3 is 11.9 Å². The second-order valence-corrected chi connectivity index (χ2v) is 5.02. The van der Waals surface area contributed by atoms with Crippen LogP contribution in [0.4, 0.5) is 0 Å². The Morgan fingerprint density at radius 2 is 1.50 bits per heavy atom. The molecule has 0 rings (SSSR count). The second-order valence-electron chi connectivity index (χ2n) is 5.02. The Morgan fingerprint density at radius 1 is 0.900 bits per heavy atom. The van der Waals surface area contributed by atoms with Crippen LogP contribution in [-0.2, 0) is 19.4 Å². The first-order valence-electron chi connectivity index (χ1n) is 7.35. The maximum absolute atomic E-state index is 11.4. The third-order valence-corrected chi connectivity index (χ3v) is 3.36. The molecule has 0 heterocycles. The van der Waals surface area contributed by atoms with E-state index in [4.69, 9.17) is 10.5 Å². The van der Waals surface area contributed by atoms with Crippen molar-refractivity contribution in [1.82, 2.24) is 0 Å². The summed E-state index contributed by atoms with van der Waals surface area (Å²) in [6, 6.07) is 0. The smallest absolute Gasteiger partial charge is 0.301 e. The molecule has 1 atom stereocenters. The van der Waals surface area contributed by atoms with Crippen LogP contribution in [0.3, 0.4) is 0 Å². The van der Waals surface area contributed by atoms with E-state index in [0.717, 1.165) is 44.9 Å². The zero-order valence-corrected chi connectivity index (χ0v) is 12.2. The molecule has 0 amide bonds. The molecular weight excluding hydrogens is 264 g/mol. The summed E-state index contributed by atoms with van der Waals surface area (Å²) in [5.74, 6) is -1.41. The van der Waals surface area contributed by atoms with E-state index in [9.17, 15) is 9.59 Å². The third-order valence-electron chi connectivity index (χ3n) is 3.36. The van der Waals surface area contributed by atoms with Crippen molar-refractivity contribution in [2.24, 2.45) is 5.92 Å². The molecule has 2 N–H and O–H groups in total. The molecule has 6 heteroatoms. The van der Waals surface area contributed by atoms with Crippen molar-refractivity contribution in [3.63, 3.8) is 0 Å². The maximum atomic E-state index is 11.4. The Bertz CT molecular complexity index is 266. The van der Waals surface area contributed by atoms with Crippen LogP contribution in [-0.4, -0.2) is 22.5 Å². The fraction of sp³-hybridized carbons (Fsp3) is 0.857. The summed E-state index contributed by atoms with van der Waals surface area (Å²) in [7, 11) is 0. The largest absolute Gasteiger partial charge is 0.345 e. The molecule has 20 heavy (non-hydrogen) atoms. The average molecular weight is 290 g/mol. The van der Waals surface area contributed by atoms with E-state index < -0.39 is 11.9 Å². The molecule has 118 valence electrons. The summed E-state index contributed by atoms with van der Waals surface area (Å²) in [5, 5.41) is 16.5. The van der Waals surface area contributed by atoms with Crippen molar-refractivity contribution < 1.29 is 29.9 Å². The normalized spacial score (nSPS) is 11.9. The lowest BCUT2D eigenvalue weighted by molar-refractivity contribution is -0.239. The SMILES string of the molecule is CCCCCC(CCCCCCC(=O)OO)C(=O)OO. The van der Waals surface area contributed by atoms with E-state index in [-0.39, 0.29) is 12.3 Å². The fourth-order valence-electron chi connectivity index (χ4n) is 2.15. The minimum absolute atomic E-state index is 0.203. The lowest BCUT2D eigenvalue weighted by Gasteiger charge is -2.12. The quantitative estimate of drug-likeness (QED) is 0.324. The number of hydrogen-bond acceptors (Lipinski definition) is 6. The number of hydrogen-bond donors (Lipinski definition) is 2. The molecule has 0 aliphatic carbocycles. The molecule has 0 spiro atoms. The molecule has 0 aromatic rings. The molecule has 0 saturated heterocycles. The van der Waals surface area contributed by atoms with E-state index in [0.29, 0.717) is 12.8 Å². The molecule has 0 aliphatic rings. The molecule has 0 radical (unpaired) electrons. The van der Waals surface area contributed by atoms with Crippen molar-refractivity contribution in [2.75, 3.05) is 0 Å². The van der Waals surface area contributed by atoms with E-state index in [1.807, 2.05) is 0 Å². The van der Waals surface area contributed by atoms with Gasteiger partial charge in [0.1, 0.15) is 0 Å².